The van der Waals surface area contributed by atoms with Gasteiger partial charge in [-0.1, -0.05) is 12.1 Å². The third kappa shape index (κ3) is 4.02. The molecule has 0 saturated carbocycles. The molecule has 1 amide bonds. The van der Waals surface area contributed by atoms with Gasteiger partial charge in [0.15, 0.2) is 5.82 Å². The van der Waals surface area contributed by atoms with E-state index in [1.807, 2.05) is 12.1 Å². The van der Waals surface area contributed by atoms with Crippen molar-refractivity contribution in [3.8, 4) is 0 Å². The average Bonchev–Trinajstić information content (AvgIpc) is 2.62. The molecule has 0 spiro atoms. The third-order valence-corrected chi connectivity index (χ3v) is 4.53. The predicted molar refractivity (Wildman–Crippen MR) is 89.9 cm³/mol. The van der Waals surface area contributed by atoms with Gasteiger partial charge in [0.25, 0.3) is 5.91 Å². The summed E-state index contributed by atoms with van der Waals surface area (Å²) >= 11 is 0. The van der Waals surface area contributed by atoms with Crippen LogP contribution in [0.1, 0.15) is 39.1 Å². The standard InChI is InChI=1S/C19H19FN2O3/c20-17-11-21-8-7-16(17)18(23)22-9-1-2-14(12-22)10-13-3-5-15(6-4-13)19(24)25/h3-8,11,14H,1-2,9-10,12H2,(H,24,25). The number of amides is 1. The quantitative estimate of drug-likeness (QED) is 0.927. The maximum atomic E-state index is 13.8. The van der Waals surface area contributed by atoms with Gasteiger partial charge in [-0.05, 0) is 48.9 Å². The van der Waals surface area contributed by atoms with E-state index in [1.54, 1.807) is 17.0 Å². The number of aromatic nitrogens is 1. The second kappa shape index (κ2) is 7.42. The highest BCUT2D eigenvalue weighted by Gasteiger charge is 2.26. The molecule has 130 valence electrons. The first-order chi connectivity index (χ1) is 12.0. The van der Waals surface area contributed by atoms with Crippen LogP contribution in [0.5, 0.6) is 0 Å². The Bertz CT molecular complexity index is 776. The Morgan fingerprint density at radius 3 is 2.68 bits per heavy atom. The van der Waals surface area contributed by atoms with Gasteiger partial charge in [-0.15, -0.1) is 0 Å². The first-order valence-electron chi connectivity index (χ1n) is 8.25. The number of hydrogen-bond donors (Lipinski definition) is 1. The molecule has 1 aliphatic heterocycles. The molecule has 0 bridgehead atoms. The number of likely N-dealkylation sites (tertiary alicyclic amines) is 1. The Kier molecular flexibility index (Phi) is 5.07. The van der Waals surface area contributed by atoms with Crippen LogP contribution in [0.4, 0.5) is 4.39 Å². The summed E-state index contributed by atoms with van der Waals surface area (Å²) in [6, 6.07) is 8.22. The molecule has 5 nitrogen and oxygen atoms in total. The van der Waals surface area contributed by atoms with Gasteiger partial charge in [-0.25, -0.2) is 9.18 Å². The zero-order valence-electron chi connectivity index (χ0n) is 13.7. The van der Waals surface area contributed by atoms with Crippen LogP contribution in [-0.2, 0) is 6.42 Å². The average molecular weight is 342 g/mol. The molecule has 2 aromatic rings. The molecule has 1 aromatic heterocycles. The van der Waals surface area contributed by atoms with Crippen molar-refractivity contribution in [1.82, 2.24) is 9.88 Å². The lowest BCUT2D eigenvalue weighted by Crippen LogP contribution is -2.40. The number of halogens is 1. The molecule has 1 fully saturated rings. The van der Waals surface area contributed by atoms with E-state index in [-0.39, 0.29) is 23.0 Å². The van der Waals surface area contributed by atoms with Crippen LogP contribution in [0.15, 0.2) is 42.7 Å². The van der Waals surface area contributed by atoms with Crippen molar-refractivity contribution in [2.45, 2.75) is 19.3 Å². The number of hydrogen-bond acceptors (Lipinski definition) is 3. The fourth-order valence-corrected chi connectivity index (χ4v) is 3.25. The van der Waals surface area contributed by atoms with Crippen molar-refractivity contribution in [2.75, 3.05) is 13.1 Å². The van der Waals surface area contributed by atoms with Gasteiger partial charge in [-0.2, -0.15) is 0 Å². The van der Waals surface area contributed by atoms with Crippen LogP contribution in [-0.4, -0.2) is 40.0 Å². The number of nitrogens with zero attached hydrogens (tertiary/aromatic N) is 2. The van der Waals surface area contributed by atoms with Gasteiger partial charge in [0.05, 0.1) is 17.3 Å². The van der Waals surface area contributed by atoms with Crippen molar-refractivity contribution in [3.63, 3.8) is 0 Å². The molecule has 2 heterocycles. The predicted octanol–water partition coefficient (Wildman–Crippen LogP) is 3.01. The van der Waals surface area contributed by atoms with Gasteiger partial charge in [0, 0.05) is 19.3 Å². The van der Waals surface area contributed by atoms with Crippen molar-refractivity contribution in [3.05, 3.63) is 65.2 Å². The van der Waals surface area contributed by atoms with Crippen LogP contribution < -0.4 is 0 Å². The maximum absolute atomic E-state index is 13.8. The fraction of sp³-hybridized carbons (Fsp3) is 0.316. The minimum absolute atomic E-state index is 0.0569. The molecule has 1 aliphatic rings. The van der Waals surface area contributed by atoms with Gasteiger partial charge in [-0.3, -0.25) is 9.78 Å². The minimum Gasteiger partial charge on any atom is -0.478 e. The highest BCUT2D eigenvalue weighted by Crippen LogP contribution is 2.23. The summed E-state index contributed by atoms with van der Waals surface area (Å²) in [5.74, 6) is -1.57. The molecule has 1 aromatic carbocycles. The summed E-state index contributed by atoms with van der Waals surface area (Å²) in [7, 11) is 0. The van der Waals surface area contributed by atoms with E-state index < -0.39 is 11.8 Å². The van der Waals surface area contributed by atoms with E-state index in [0.717, 1.165) is 31.0 Å². The molecule has 0 aliphatic carbocycles. The number of aromatic carboxylic acids is 1. The van der Waals surface area contributed by atoms with E-state index in [1.165, 1.54) is 12.3 Å². The van der Waals surface area contributed by atoms with E-state index in [2.05, 4.69) is 4.98 Å². The molecule has 3 rings (SSSR count). The summed E-state index contributed by atoms with van der Waals surface area (Å²) in [5.41, 5.74) is 1.36. The molecule has 1 atom stereocenters. The summed E-state index contributed by atoms with van der Waals surface area (Å²) in [5, 5.41) is 8.94. The van der Waals surface area contributed by atoms with E-state index in [4.69, 9.17) is 5.11 Å². The van der Waals surface area contributed by atoms with Crippen molar-refractivity contribution >= 4 is 11.9 Å². The lowest BCUT2D eigenvalue weighted by atomic mass is 9.90. The SMILES string of the molecule is O=C(O)c1ccc(CC2CCCN(C(=O)c3ccncc3F)C2)cc1. The van der Waals surface area contributed by atoms with Crippen molar-refractivity contribution in [1.29, 1.82) is 0 Å². The van der Waals surface area contributed by atoms with Crippen molar-refractivity contribution in [2.24, 2.45) is 5.92 Å². The topological polar surface area (TPSA) is 70.5 Å². The zero-order valence-corrected chi connectivity index (χ0v) is 13.7. The summed E-state index contributed by atoms with van der Waals surface area (Å²) in [6.45, 7) is 1.19. The number of rotatable bonds is 4. The second-order valence-electron chi connectivity index (χ2n) is 6.32. The Morgan fingerprint density at radius 2 is 2.00 bits per heavy atom. The summed E-state index contributed by atoms with van der Waals surface area (Å²) in [4.78, 5) is 28.8. The third-order valence-electron chi connectivity index (χ3n) is 4.53. The Hall–Kier alpha value is -2.76. The lowest BCUT2D eigenvalue weighted by molar-refractivity contribution is 0.0665. The Labute approximate surface area is 145 Å². The molecule has 1 saturated heterocycles. The fourth-order valence-electron chi connectivity index (χ4n) is 3.25. The van der Waals surface area contributed by atoms with E-state index >= 15 is 0 Å². The molecular weight excluding hydrogens is 323 g/mol. The largest absolute Gasteiger partial charge is 0.478 e. The van der Waals surface area contributed by atoms with Crippen molar-refractivity contribution < 1.29 is 19.1 Å². The maximum Gasteiger partial charge on any atom is 0.335 e. The van der Waals surface area contributed by atoms with Crippen LogP contribution in [0.2, 0.25) is 0 Å². The number of carbonyl (C=O) groups excluding carboxylic acids is 1. The molecule has 1 unspecified atom stereocenters. The molecule has 25 heavy (non-hydrogen) atoms. The van der Waals surface area contributed by atoms with Crippen LogP contribution in [0.3, 0.4) is 0 Å². The molecule has 6 heteroatoms. The molecule has 1 N–H and O–H groups in total. The number of pyridine rings is 1. The number of carboxylic acid groups (broad SMARTS) is 1. The monoisotopic (exact) mass is 342 g/mol. The highest BCUT2D eigenvalue weighted by molar-refractivity contribution is 5.94. The lowest BCUT2D eigenvalue weighted by Gasteiger charge is -2.33. The number of benzene rings is 1. The molecular formula is C19H19FN2O3. The normalized spacial score (nSPS) is 17.3. The Morgan fingerprint density at radius 1 is 1.24 bits per heavy atom. The van der Waals surface area contributed by atoms with Crippen LogP contribution in [0, 0.1) is 11.7 Å². The highest BCUT2D eigenvalue weighted by atomic mass is 19.1. The Balaban J connectivity index is 1.66. The molecule has 0 radical (unpaired) electrons. The number of carbonyl (C=O) groups is 2. The van der Waals surface area contributed by atoms with Gasteiger partial charge < -0.3 is 10.0 Å². The first-order valence-corrected chi connectivity index (χ1v) is 8.25. The number of carboxylic acids is 1. The van der Waals surface area contributed by atoms with E-state index in [9.17, 15) is 14.0 Å². The summed E-state index contributed by atoms with van der Waals surface area (Å²) < 4.78 is 13.8. The van der Waals surface area contributed by atoms with Crippen LogP contribution in [0.25, 0.3) is 0 Å². The van der Waals surface area contributed by atoms with Gasteiger partial charge >= 0.3 is 5.97 Å². The van der Waals surface area contributed by atoms with Gasteiger partial charge in [0.2, 0.25) is 0 Å². The van der Waals surface area contributed by atoms with E-state index in [0.29, 0.717) is 13.1 Å². The second-order valence-corrected chi connectivity index (χ2v) is 6.32. The first kappa shape index (κ1) is 17.1. The smallest absolute Gasteiger partial charge is 0.335 e. The zero-order chi connectivity index (χ0) is 17.8. The number of piperidine rings is 1. The van der Waals surface area contributed by atoms with Crippen LogP contribution >= 0.6 is 0 Å². The van der Waals surface area contributed by atoms with Gasteiger partial charge in [0.1, 0.15) is 0 Å². The summed E-state index contributed by atoms with van der Waals surface area (Å²) in [6.07, 6.45) is 5.10. The minimum atomic E-state index is -0.944.